The van der Waals surface area contributed by atoms with Crippen LogP contribution in [0.4, 0.5) is 0 Å². The van der Waals surface area contributed by atoms with Crippen LogP contribution in [0.2, 0.25) is 0 Å². The number of hydrogen-bond acceptors (Lipinski definition) is 5. The Kier molecular flexibility index (Phi) is 5.05. The van der Waals surface area contributed by atoms with Crippen LogP contribution in [-0.4, -0.2) is 54.0 Å². The van der Waals surface area contributed by atoms with Crippen molar-refractivity contribution >= 4 is 16.7 Å². The maximum Gasteiger partial charge on any atom is 0.227 e. The normalized spacial score (nSPS) is 15.2. The first-order valence-corrected chi connectivity index (χ1v) is 9.57. The number of benzene rings is 2. The summed E-state index contributed by atoms with van der Waals surface area (Å²) < 4.78 is 11.5. The quantitative estimate of drug-likeness (QED) is 0.695. The lowest BCUT2D eigenvalue weighted by molar-refractivity contribution is -0.130. The van der Waals surface area contributed by atoms with Crippen LogP contribution in [0.3, 0.4) is 0 Å². The van der Waals surface area contributed by atoms with Gasteiger partial charge in [-0.15, -0.1) is 0 Å². The SMILES string of the molecule is COc1ccc(-c2nc(CN3CCN(C(C)=O)CC3)c(C)o2)c2ccccc12. The predicted octanol–water partition coefficient (Wildman–Crippen LogP) is 3.48. The van der Waals surface area contributed by atoms with Crippen LogP contribution < -0.4 is 4.74 Å². The molecular formula is C22H25N3O3. The van der Waals surface area contributed by atoms with E-state index in [1.807, 2.05) is 42.2 Å². The van der Waals surface area contributed by atoms with E-state index in [0.29, 0.717) is 5.89 Å². The highest BCUT2D eigenvalue weighted by Gasteiger charge is 2.21. The number of methoxy groups -OCH3 is 1. The van der Waals surface area contributed by atoms with Gasteiger partial charge in [-0.2, -0.15) is 0 Å². The minimum atomic E-state index is 0.144. The molecule has 3 aromatic rings. The summed E-state index contributed by atoms with van der Waals surface area (Å²) in [4.78, 5) is 20.5. The van der Waals surface area contributed by atoms with E-state index in [2.05, 4.69) is 11.0 Å². The summed E-state index contributed by atoms with van der Waals surface area (Å²) in [7, 11) is 1.68. The van der Waals surface area contributed by atoms with Gasteiger partial charge in [0.25, 0.3) is 0 Å². The second-order valence-electron chi connectivity index (χ2n) is 7.17. The average Bonchev–Trinajstić information content (AvgIpc) is 3.07. The molecule has 0 spiro atoms. The lowest BCUT2D eigenvalue weighted by atomic mass is 10.0. The average molecular weight is 379 g/mol. The summed E-state index contributed by atoms with van der Waals surface area (Å²) in [5.41, 5.74) is 1.92. The molecule has 0 saturated carbocycles. The van der Waals surface area contributed by atoms with Crippen molar-refractivity contribution in [2.24, 2.45) is 0 Å². The predicted molar refractivity (Wildman–Crippen MR) is 108 cm³/mol. The van der Waals surface area contributed by atoms with E-state index in [9.17, 15) is 4.79 Å². The molecule has 0 radical (unpaired) electrons. The molecule has 6 nitrogen and oxygen atoms in total. The second-order valence-corrected chi connectivity index (χ2v) is 7.17. The highest BCUT2D eigenvalue weighted by Crippen LogP contribution is 2.34. The minimum Gasteiger partial charge on any atom is -0.496 e. The molecule has 146 valence electrons. The molecule has 1 aliphatic rings. The van der Waals surface area contributed by atoms with Gasteiger partial charge in [0.15, 0.2) is 0 Å². The number of carbonyl (C=O) groups excluding carboxylic acids is 1. The van der Waals surface area contributed by atoms with Crippen LogP contribution >= 0.6 is 0 Å². The highest BCUT2D eigenvalue weighted by molar-refractivity contribution is 5.98. The Bertz CT molecular complexity index is 1000. The molecule has 2 heterocycles. The third-order valence-corrected chi connectivity index (χ3v) is 5.42. The molecular weight excluding hydrogens is 354 g/mol. The molecule has 0 atom stereocenters. The first kappa shape index (κ1) is 18.5. The van der Waals surface area contributed by atoms with Crippen molar-refractivity contribution in [3.05, 3.63) is 47.9 Å². The van der Waals surface area contributed by atoms with E-state index in [4.69, 9.17) is 14.1 Å². The first-order valence-electron chi connectivity index (χ1n) is 9.57. The molecule has 0 N–H and O–H groups in total. The van der Waals surface area contributed by atoms with Gasteiger partial charge in [-0.1, -0.05) is 24.3 Å². The van der Waals surface area contributed by atoms with E-state index in [-0.39, 0.29) is 5.91 Å². The molecule has 0 aliphatic carbocycles. The monoisotopic (exact) mass is 379 g/mol. The van der Waals surface area contributed by atoms with Crippen molar-refractivity contribution in [2.75, 3.05) is 33.3 Å². The third-order valence-electron chi connectivity index (χ3n) is 5.42. The van der Waals surface area contributed by atoms with Crippen LogP contribution in [0.25, 0.3) is 22.2 Å². The van der Waals surface area contributed by atoms with Crippen LogP contribution in [0.5, 0.6) is 5.75 Å². The number of piperazine rings is 1. The third kappa shape index (κ3) is 3.47. The van der Waals surface area contributed by atoms with Gasteiger partial charge in [0.2, 0.25) is 11.8 Å². The number of hydrogen-bond donors (Lipinski definition) is 0. The van der Waals surface area contributed by atoms with Crippen LogP contribution in [0, 0.1) is 6.92 Å². The molecule has 4 rings (SSSR count). The fourth-order valence-corrected chi connectivity index (χ4v) is 3.76. The lowest BCUT2D eigenvalue weighted by Gasteiger charge is -2.33. The summed E-state index contributed by atoms with van der Waals surface area (Å²) in [5.74, 6) is 2.45. The summed E-state index contributed by atoms with van der Waals surface area (Å²) in [6.45, 7) is 7.56. The smallest absolute Gasteiger partial charge is 0.227 e. The van der Waals surface area contributed by atoms with Gasteiger partial charge in [0, 0.05) is 50.6 Å². The molecule has 6 heteroatoms. The van der Waals surface area contributed by atoms with E-state index < -0.39 is 0 Å². The molecule has 1 aliphatic heterocycles. The van der Waals surface area contributed by atoms with Crippen LogP contribution in [0.1, 0.15) is 18.4 Å². The molecule has 2 aromatic carbocycles. The van der Waals surface area contributed by atoms with E-state index in [1.54, 1.807) is 14.0 Å². The minimum absolute atomic E-state index is 0.144. The Morgan fingerprint density at radius 3 is 2.50 bits per heavy atom. The number of aromatic nitrogens is 1. The van der Waals surface area contributed by atoms with Gasteiger partial charge >= 0.3 is 0 Å². The fourth-order valence-electron chi connectivity index (χ4n) is 3.76. The number of oxazole rings is 1. The summed E-state index contributed by atoms with van der Waals surface area (Å²) in [6, 6.07) is 12.1. The number of carbonyl (C=O) groups is 1. The van der Waals surface area contributed by atoms with E-state index >= 15 is 0 Å². The number of nitrogens with zero attached hydrogens (tertiary/aromatic N) is 3. The molecule has 28 heavy (non-hydrogen) atoms. The van der Waals surface area contributed by atoms with E-state index in [1.165, 1.54) is 0 Å². The fraction of sp³-hybridized carbons (Fsp3) is 0.364. The van der Waals surface area contributed by atoms with Gasteiger partial charge < -0.3 is 14.1 Å². The molecule has 0 unspecified atom stereocenters. The molecule has 1 fully saturated rings. The van der Waals surface area contributed by atoms with Gasteiger partial charge in [0.05, 0.1) is 12.8 Å². The van der Waals surface area contributed by atoms with Crippen molar-refractivity contribution < 1.29 is 13.9 Å². The van der Waals surface area contributed by atoms with E-state index in [0.717, 1.165) is 66.3 Å². The van der Waals surface area contributed by atoms with Crippen LogP contribution in [0.15, 0.2) is 40.8 Å². The maximum absolute atomic E-state index is 11.5. The van der Waals surface area contributed by atoms with Gasteiger partial charge in [0.1, 0.15) is 11.5 Å². The zero-order valence-corrected chi connectivity index (χ0v) is 16.6. The first-order chi connectivity index (χ1) is 13.6. The zero-order chi connectivity index (χ0) is 19.7. The largest absolute Gasteiger partial charge is 0.496 e. The van der Waals surface area contributed by atoms with Gasteiger partial charge in [-0.25, -0.2) is 4.98 Å². The van der Waals surface area contributed by atoms with Crippen molar-refractivity contribution in [2.45, 2.75) is 20.4 Å². The molecule has 1 aromatic heterocycles. The van der Waals surface area contributed by atoms with Crippen LogP contribution in [-0.2, 0) is 11.3 Å². The summed E-state index contributed by atoms with van der Waals surface area (Å²) >= 11 is 0. The zero-order valence-electron chi connectivity index (χ0n) is 16.6. The Balaban J connectivity index is 1.59. The molecule has 1 saturated heterocycles. The van der Waals surface area contributed by atoms with Crippen molar-refractivity contribution in [3.8, 4) is 17.2 Å². The number of aryl methyl sites for hydroxylation is 1. The molecule has 1 amide bonds. The van der Waals surface area contributed by atoms with Crippen molar-refractivity contribution in [1.82, 2.24) is 14.8 Å². The second kappa shape index (κ2) is 7.64. The number of ether oxygens (including phenoxy) is 1. The Hall–Kier alpha value is -2.86. The maximum atomic E-state index is 11.5. The Labute approximate surface area is 164 Å². The lowest BCUT2D eigenvalue weighted by Crippen LogP contribution is -2.47. The van der Waals surface area contributed by atoms with Crippen molar-refractivity contribution in [1.29, 1.82) is 0 Å². The summed E-state index contributed by atoms with van der Waals surface area (Å²) in [6.07, 6.45) is 0. The standard InChI is InChI=1S/C22H25N3O3/c1-15-20(14-24-10-12-25(13-11-24)16(2)26)23-22(28-15)19-8-9-21(27-3)18-7-5-4-6-17(18)19/h4-9H,10-14H2,1-3H3. The molecule has 0 bridgehead atoms. The number of fused-ring (bicyclic) bond motifs is 1. The highest BCUT2D eigenvalue weighted by atomic mass is 16.5. The van der Waals surface area contributed by atoms with Gasteiger partial charge in [-0.05, 0) is 24.4 Å². The topological polar surface area (TPSA) is 58.8 Å². The van der Waals surface area contributed by atoms with Gasteiger partial charge in [-0.3, -0.25) is 9.69 Å². The number of amides is 1. The number of rotatable bonds is 4. The Morgan fingerprint density at radius 1 is 1.11 bits per heavy atom. The summed E-state index contributed by atoms with van der Waals surface area (Å²) in [5, 5.41) is 2.10. The Morgan fingerprint density at radius 2 is 1.82 bits per heavy atom. The van der Waals surface area contributed by atoms with Crippen molar-refractivity contribution in [3.63, 3.8) is 0 Å².